The van der Waals surface area contributed by atoms with Gasteiger partial charge in [-0.1, -0.05) is 33.3 Å². The third-order valence-corrected chi connectivity index (χ3v) is 2.41. The van der Waals surface area contributed by atoms with E-state index in [9.17, 15) is 0 Å². The van der Waals surface area contributed by atoms with Crippen molar-refractivity contribution in [2.45, 2.75) is 41.0 Å². The lowest BCUT2D eigenvalue weighted by atomic mass is 9.99. The van der Waals surface area contributed by atoms with Crippen molar-refractivity contribution < 1.29 is 0 Å². The van der Waals surface area contributed by atoms with Gasteiger partial charge >= 0.3 is 0 Å². The highest BCUT2D eigenvalue weighted by Crippen LogP contribution is 2.15. The van der Waals surface area contributed by atoms with Gasteiger partial charge in [0.2, 0.25) is 0 Å². The lowest BCUT2D eigenvalue weighted by Gasteiger charge is -2.06. The van der Waals surface area contributed by atoms with Crippen LogP contribution in [0.1, 0.15) is 41.0 Å². The van der Waals surface area contributed by atoms with Crippen molar-refractivity contribution in [3.05, 3.63) is 11.6 Å². The maximum Gasteiger partial charge on any atom is 0.0655 e. The topological polar surface area (TPSA) is 24.7 Å². The molecule has 0 saturated carbocycles. The minimum Gasteiger partial charge on any atom is -0.159 e. The van der Waals surface area contributed by atoms with E-state index < -0.39 is 0 Å². The molecule has 78 valence electrons. The maximum absolute atomic E-state index is 4.33. The van der Waals surface area contributed by atoms with E-state index in [1.54, 1.807) is 0 Å². The molecular weight excluding hydrogens is 172 g/mol. The van der Waals surface area contributed by atoms with E-state index >= 15 is 0 Å². The zero-order valence-corrected chi connectivity index (χ0v) is 9.83. The molecule has 0 spiro atoms. The molecule has 0 aromatic rings. The van der Waals surface area contributed by atoms with Crippen LogP contribution in [0, 0.1) is 11.8 Å². The summed E-state index contributed by atoms with van der Waals surface area (Å²) in [7, 11) is 0. The van der Waals surface area contributed by atoms with Gasteiger partial charge in [0.05, 0.1) is 5.71 Å². The molecule has 1 aliphatic rings. The van der Waals surface area contributed by atoms with Gasteiger partial charge in [0.1, 0.15) is 0 Å². The van der Waals surface area contributed by atoms with E-state index in [0.717, 1.165) is 12.1 Å². The largest absolute Gasteiger partial charge is 0.159 e. The van der Waals surface area contributed by atoms with Crippen molar-refractivity contribution in [1.29, 1.82) is 0 Å². The van der Waals surface area contributed by atoms with E-state index in [0.29, 0.717) is 11.8 Å². The van der Waals surface area contributed by atoms with E-state index in [1.807, 2.05) is 0 Å². The summed E-state index contributed by atoms with van der Waals surface area (Å²) in [6, 6.07) is 0. The Kier molecular flexibility index (Phi) is 3.62. The zero-order valence-electron chi connectivity index (χ0n) is 9.83. The average molecular weight is 192 g/mol. The van der Waals surface area contributed by atoms with Gasteiger partial charge in [0, 0.05) is 12.1 Å². The summed E-state index contributed by atoms with van der Waals surface area (Å²) in [5.41, 5.74) is 3.65. The molecule has 14 heavy (non-hydrogen) atoms. The van der Waals surface area contributed by atoms with E-state index in [2.05, 4.69) is 50.9 Å². The molecule has 0 saturated heterocycles. The smallest absolute Gasteiger partial charge is 0.0655 e. The first-order chi connectivity index (χ1) is 6.50. The first kappa shape index (κ1) is 11.2. The van der Waals surface area contributed by atoms with Crippen LogP contribution >= 0.6 is 0 Å². The highest BCUT2D eigenvalue weighted by Gasteiger charge is 2.11. The monoisotopic (exact) mass is 192 g/mol. The Morgan fingerprint density at radius 1 is 1.07 bits per heavy atom. The van der Waals surface area contributed by atoms with Gasteiger partial charge < -0.3 is 0 Å². The third kappa shape index (κ3) is 2.79. The molecule has 1 aliphatic heterocycles. The summed E-state index contributed by atoms with van der Waals surface area (Å²) in [6.07, 6.45) is 3.14. The second kappa shape index (κ2) is 4.54. The number of hydrogen-bond acceptors (Lipinski definition) is 2. The summed E-state index contributed by atoms with van der Waals surface area (Å²) in [4.78, 5) is 0. The average Bonchev–Trinajstić information content (AvgIpc) is 2.26. The highest BCUT2D eigenvalue weighted by atomic mass is 15.2. The fraction of sp³-hybridized carbons (Fsp3) is 0.667. The Morgan fingerprint density at radius 2 is 1.71 bits per heavy atom. The van der Waals surface area contributed by atoms with Crippen LogP contribution in [0.25, 0.3) is 0 Å². The maximum atomic E-state index is 4.33. The molecule has 0 N–H and O–H groups in total. The number of hydrogen-bond donors (Lipinski definition) is 0. The summed E-state index contributed by atoms with van der Waals surface area (Å²) in [5.74, 6) is 0.953. The van der Waals surface area contributed by atoms with Crippen molar-refractivity contribution in [3.8, 4) is 0 Å². The quantitative estimate of drug-likeness (QED) is 0.640. The fourth-order valence-electron chi connectivity index (χ4n) is 1.38. The van der Waals surface area contributed by atoms with Gasteiger partial charge in [0.15, 0.2) is 0 Å². The molecule has 0 aliphatic carbocycles. The van der Waals surface area contributed by atoms with Crippen molar-refractivity contribution >= 4 is 11.4 Å². The van der Waals surface area contributed by atoms with Crippen LogP contribution in [0.5, 0.6) is 0 Å². The van der Waals surface area contributed by atoms with Crippen LogP contribution in [-0.2, 0) is 0 Å². The molecule has 1 heterocycles. The van der Waals surface area contributed by atoms with E-state index in [4.69, 9.17) is 0 Å². The molecule has 2 heteroatoms. The summed E-state index contributed by atoms with van der Waals surface area (Å²) < 4.78 is 0. The Labute approximate surface area is 86.8 Å². The molecule has 0 radical (unpaired) electrons. The molecule has 0 fully saturated rings. The van der Waals surface area contributed by atoms with Crippen molar-refractivity contribution in [3.63, 3.8) is 0 Å². The van der Waals surface area contributed by atoms with Crippen LogP contribution in [0.4, 0.5) is 0 Å². The molecule has 2 nitrogen and oxygen atoms in total. The Balaban J connectivity index is 2.96. The molecule has 0 aromatic heterocycles. The first-order valence-corrected chi connectivity index (χ1v) is 5.32. The number of allylic oxidation sites excluding steroid dienone is 2. The summed E-state index contributed by atoms with van der Waals surface area (Å²) >= 11 is 0. The van der Waals surface area contributed by atoms with Crippen LogP contribution in [0.15, 0.2) is 21.9 Å². The van der Waals surface area contributed by atoms with E-state index in [-0.39, 0.29) is 0 Å². The SMILES string of the molecule is CC1=CC(C(C)C)=NN=C(C(C)C)C1. The van der Waals surface area contributed by atoms with Gasteiger partial charge in [0.25, 0.3) is 0 Å². The molecule has 0 unspecified atom stereocenters. The van der Waals surface area contributed by atoms with Crippen molar-refractivity contribution in [2.24, 2.45) is 22.0 Å². The fourth-order valence-corrected chi connectivity index (χ4v) is 1.38. The van der Waals surface area contributed by atoms with Crippen molar-refractivity contribution in [1.82, 2.24) is 0 Å². The number of rotatable bonds is 2. The molecule has 0 bridgehead atoms. The van der Waals surface area contributed by atoms with Gasteiger partial charge in [-0.3, -0.25) is 0 Å². The zero-order chi connectivity index (χ0) is 10.7. The second-order valence-corrected chi connectivity index (χ2v) is 4.59. The van der Waals surface area contributed by atoms with Crippen LogP contribution in [0.2, 0.25) is 0 Å². The Hall–Kier alpha value is -0.920. The minimum atomic E-state index is 0.459. The lowest BCUT2D eigenvalue weighted by molar-refractivity contribution is 0.849. The normalized spacial score (nSPS) is 17.8. The van der Waals surface area contributed by atoms with Crippen LogP contribution in [-0.4, -0.2) is 11.4 Å². The molecule has 0 aromatic carbocycles. The van der Waals surface area contributed by atoms with Gasteiger partial charge in [-0.05, 0) is 24.8 Å². The van der Waals surface area contributed by atoms with E-state index in [1.165, 1.54) is 11.3 Å². The minimum absolute atomic E-state index is 0.459. The molecule has 1 rings (SSSR count). The standard InChI is InChI=1S/C12H20N2/c1-8(2)11-6-10(5)7-12(9(3)4)14-13-11/h6,8-9H,7H2,1-5H3. The second-order valence-electron chi connectivity index (χ2n) is 4.59. The Morgan fingerprint density at radius 3 is 2.21 bits per heavy atom. The predicted molar refractivity (Wildman–Crippen MR) is 62.9 cm³/mol. The molecular formula is C12H20N2. The first-order valence-electron chi connectivity index (χ1n) is 5.32. The van der Waals surface area contributed by atoms with Crippen LogP contribution < -0.4 is 0 Å². The van der Waals surface area contributed by atoms with Gasteiger partial charge in [-0.15, -0.1) is 0 Å². The van der Waals surface area contributed by atoms with Gasteiger partial charge in [-0.2, -0.15) is 10.2 Å². The molecule has 0 atom stereocenters. The van der Waals surface area contributed by atoms with Crippen LogP contribution in [0.3, 0.4) is 0 Å². The number of nitrogens with zero attached hydrogens (tertiary/aromatic N) is 2. The predicted octanol–water partition coefficient (Wildman–Crippen LogP) is 3.45. The summed E-state index contributed by atoms with van der Waals surface area (Å²) in [5, 5.41) is 8.63. The summed E-state index contributed by atoms with van der Waals surface area (Å²) in [6.45, 7) is 10.8. The highest BCUT2D eigenvalue weighted by molar-refractivity contribution is 6.00. The molecule has 0 amide bonds. The third-order valence-electron chi connectivity index (χ3n) is 2.41. The Bertz CT molecular complexity index is 293. The lowest BCUT2D eigenvalue weighted by Crippen LogP contribution is -2.06. The van der Waals surface area contributed by atoms with Crippen molar-refractivity contribution in [2.75, 3.05) is 0 Å². The van der Waals surface area contributed by atoms with Gasteiger partial charge in [-0.25, -0.2) is 0 Å².